The van der Waals surface area contributed by atoms with Crippen molar-refractivity contribution in [1.82, 2.24) is 5.32 Å². The molecule has 0 radical (unpaired) electrons. The SMILES string of the molecule is COc1ccccc1CCNC(=O)c1ccc(S(=O)(=O)Nc2ccccc2OC)cc1. The molecule has 7 nitrogen and oxygen atoms in total. The highest BCUT2D eigenvalue weighted by atomic mass is 32.2. The molecule has 8 heteroatoms. The summed E-state index contributed by atoms with van der Waals surface area (Å²) in [5.41, 5.74) is 1.70. The number of sulfonamides is 1. The third kappa shape index (κ3) is 5.55. The van der Waals surface area contributed by atoms with E-state index in [4.69, 9.17) is 9.47 Å². The van der Waals surface area contributed by atoms with Gasteiger partial charge in [0, 0.05) is 12.1 Å². The second-order valence-electron chi connectivity index (χ2n) is 6.65. The molecular weight excluding hydrogens is 416 g/mol. The summed E-state index contributed by atoms with van der Waals surface area (Å²) >= 11 is 0. The van der Waals surface area contributed by atoms with E-state index in [1.165, 1.54) is 31.4 Å². The first-order valence-corrected chi connectivity index (χ1v) is 11.1. The highest BCUT2D eigenvalue weighted by Gasteiger charge is 2.17. The zero-order valence-electron chi connectivity index (χ0n) is 17.3. The third-order valence-electron chi connectivity index (χ3n) is 4.65. The van der Waals surface area contributed by atoms with E-state index in [-0.39, 0.29) is 10.8 Å². The maximum atomic E-state index is 12.7. The Morgan fingerprint density at radius 1 is 0.839 bits per heavy atom. The summed E-state index contributed by atoms with van der Waals surface area (Å²) in [4.78, 5) is 12.4. The van der Waals surface area contributed by atoms with Gasteiger partial charge < -0.3 is 14.8 Å². The van der Waals surface area contributed by atoms with Crippen molar-refractivity contribution in [2.45, 2.75) is 11.3 Å². The molecule has 0 aromatic heterocycles. The summed E-state index contributed by atoms with van der Waals surface area (Å²) in [7, 11) is -0.751. The number of rotatable bonds is 9. The van der Waals surface area contributed by atoms with E-state index in [1.807, 2.05) is 24.3 Å². The molecule has 0 spiro atoms. The fourth-order valence-electron chi connectivity index (χ4n) is 3.04. The van der Waals surface area contributed by atoms with Crippen molar-refractivity contribution < 1.29 is 22.7 Å². The van der Waals surface area contributed by atoms with Crippen molar-refractivity contribution in [3.05, 3.63) is 83.9 Å². The number of ether oxygens (including phenoxy) is 2. The fourth-order valence-corrected chi connectivity index (χ4v) is 4.11. The van der Waals surface area contributed by atoms with Crippen molar-refractivity contribution in [3.63, 3.8) is 0 Å². The second kappa shape index (κ2) is 9.99. The minimum atomic E-state index is -3.82. The van der Waals surface area contributed by atoms with Crippen LogP contribution in [0.3, 0.4) is 0 Å². The molecule has 0 aliphatic heterocycles. The van der Waals surface area contributed by atoms with Gasteiger partial charge in [-0.1, -0.05) is 30.3 Å². The summed E-state index contributed by atoms with van der Waals surface area (Å²) in [6.07, 6.45) is 0.616. The number of carbonyl (C=O) groups excluding carboxylic acids is 1. The van der Waals surface area contributed by atoms with Gasteiger partial charge in [-0.25, -0.2) is 8.42 Å². The van der Waals surface area contributed by atoms with Crippen LogP contribution < -0.4 is 19.5 Å². The molecule has 0 heterocycles. The quantitative estimate of drug-likeness (QED) is 0.531. The Morgan fingerprint density at radius 3 is 2.13 bits per heavy atom. The van der Waals surface area contributed by atoms with Crippen LogP contribution in [0.5, 0.6) is 11.5 Å². The summed E-state index contributed by atoms with van der Waals surface area (Å²) in [6, 6.07) is 20.1. The summed E-state index contributed by atoms with van der Waals surface area (Å²) in [6.45, 7) is 0.425. The van der Waals surface area contributed by atoms with E-state index in [2.05, 4.69) is 10.0 Å². The lowest BCUT2D eigenvalue weighted by Gasteiger charge is -2.12. The normalized spacial score (nSPS) is 10.9. The van der Waals surface area contributed by atoms with Crippen molar-refractivity contribution >= 4 is 21.6 Å². The molecule has 0 unspecified atom stereocenters. The number of nitrogens with one attached hydrogen (secondary N) is 2. The number of carbonyl (C=O) groups is 1. The number of amides is 1. The standard InChI is InChI=1S/C23H24N2O5S/c1-29-21-9-5-3-7-17(21)15-16-24-23(26)18-11-13-19(14-12-18)31(27,28)25-20-8-4-6-10-22(20)30-2/h3-14,25H,15-16H2,1-2H3,(H,24,26). The van der Waals surface area contributed by atoms with Gasteiger partial charge in [0.2, 0.25) is 0 Å². The van der Waals surface area contributed by atoms with E-state index in [0.29, 0.717) is 30.0 Å². The van der Waals surface area contributed by atoms with Gasteiger partial charge in [-0.3, -0.25) is 9.52 Å². The van der Waals surface area contributed by atoms with Crippen LogP contribution in [-0.4, -0.2) is 35.1 Å². The number of benzene rings is 3. The molecule has 0 saturated heterocycles. The molecule has 3 rings (SSSR count). The smallest absolute Gasteiger partial charge is 0.262 e. The average molecular weight is 441 g/mol. The number of para-hydroxylation sites is 3. The molecule has 0 aliphatic carbocycles. The molecule has 31 heavy (non-hydrogen) atoms. The van der Waals surface area contributed by atoms with Crippen LogP contribution in [0.4, 0.5) is 5.69 Å². The Kier molecular flexibility index (Phi) is 7.15. The van der Waals surface area contributed by atoms with E-state index >= 15 is 0 Å². The molecular formula is C23H24N2O5S. The highest BCUT2D eigenvalue weighted by molar-refractivity contribution is 7.92. The van der Waals surface area contributed by atoms with Crippen LogP contribution in [0.25, 0.3) is 0 Å². The van der Waals surface area contributed by atoms with Gasteiger partial charge in [0.25, 0.3) is 15.9 Å². The minimum absolute atomic E-state index is 0.0454. The number of anilines is 1. The molecule has 162 valence electrons. The zero-order valence-corrected chi connectivity index (χ0v) is 18.1. The van der Waals surface area contributed by atoms with Gasteiger partial charge in [0.05, 0.1) is 24.8 Å². The molecule has 3 aromatic rings. The maximum absolute atomic E-state index is 12.7. The zero-order chi connectivity index (χ0) is 22.3. The van der Waals surface area contributed by atoms with Crippen LogP contribution in [0.2, 0.25) is 0 Å². The van der Waals surface area contributed by atoms with Gasteiger partial charge in [-0.2, -0.15) is 0 Å². The van der Waals surface area contributed by atoms with Crippen molar-refractivity contribution in [2.75, 3.05) is 25.5 Å². The molecule has 3 aromatic carbocycles. The Balaban J connectivity index is 1.63. The summed E-state index contributed by atoms with van der Waals surface area (Å²) in [5.74, 6) is 0.905. The third-order valence-corrected chi connectivity index (χ3v) is 6.03. The van der Waals surface area contributed by atoms with Crippen LogP contribution in [0.1, 0.15) is 15.9 Å². The molecule has 0 atom stereocenters. The fraction of sp³-hybridized carbons (Fsp3) is 0.174. The van der Waals surface area contributed by atoms with Gasteiger partial charge in [0.15, 0.2) is 0 Å². The van der Waals surface area contributed by atoms with E-state index in [1.54, 1.807) is 31.4 Å². The van der Waals surface area contributed by atoms with E-state index in [0.717, 1.165) is 11.3 Å². The summed E-state index contributed by atoms with van der Waals surface area (Å²) in [5, 5.41) is 2.84. The molecule has 0 fully saturated rings. The lowest BCUT2D eigenvalue weighted by Crippen LogP contribution is -2.25. The van der Waals surface area contributed by atoms with E-state index in [9.17, 15) is 13.2 Å². The molecule has 0 aliphatic rings. The van der Waals surface area contributed by atoms with Gasteiger partial charge in [0.1, 0.15) is 11.5 Å². The Labute approximate surface area is 182 Å². The van der Waals surface area contributed by atoms with Crippen molar-refractivity contribution in [3.8, 4) is 11.5 Å². The largest absolute Gasteiger partial charge is 0.496 e. The Bertz CT molecular complexity index is 1140. The number of hydrogen-bond donors (Lipinski definition) is 2. The number of hydrogen-bond acceptors (Lipinski definition) is 5. The average Bonchev–Trinajstić information content (AvgIpc) is 2.79. The summed E-state index contributed by atoms with van der Waals surface area (Å²) < 4.78 is 38.3. The van der Waals surface area contributed by atoms with Crippen LogP contribution in [0.15, 0.2) is 77.7 Å². The Hall–Kier alpha value is -3.52. The first-order valence-electron chi connectivity index (χ1n) is 9.60. The molecule has 0 bridgehead atoms. The molecule has 0 saturated carbocycles. The number of methoxy groups -OCH3 is 2. The van der Waals surface area contributed by atoms with Gasteiger partial charge >= 0.3 is 0 Å². The van der Waals surface area contributed by atoms with Crippen LogP contribution in [0, 0.1) is 0 Å². The Morgan fingerprint density at radius 2 is 1.45 bits per heavy atom. The maximum Gasteiger partial charge on any atom is 0.262 e. The first kappa shape index (κ1) is 22.2. The predicted molar refractivity (Wildman–Crippen MR) is 119 cm³/mol. The van der Waals surface area contributed by atoms with Crippen LogP contribution in [-0.2, 0) is 16.4 Å². The van der Waals surface area contributed by atoms with Gasteiger partial charge in [-0.05, 0) is 54.4 Å². The second-order valence-corrected chi connectivity index (χ2v) is 8.33. The van der Waals surface area contributed by atoms with Crippen molar-refractivity contribution in [1.29, 1.82) is 0 Å². The molecule has 2 N–H and O–H groups in total. The van der Waals surface area contributed by atoms with Crippen molar-refractivity contribution in [2.24, 2.45) is 0 Å². The van der Waals surface area contributed by atoms with Crippen LogP contribution >= 0.6 is 0 Å². The predicted octanol–water partition coefficient (Wildman–Crippen LogP) is 3.48. The molecule has 1 amide bonds. The lowest BCUT2D eigenvalue weighted by atomic mass is 10.1. The van der Waals surface area contributed by atoms with Gasteiger partial charge in [-0.15, -0.1) is 0 Å². The topological polar surface area (TPSA) is 93.7 Å². The minimum Gasteiger partial charge on any atom is -0.496 e. The lowest BCUT2D eigenvalue weighted by molar-refractivity contribution is 0.0954. The first-order chi connectivity index (χ1) is 14.9. The highest BCUT2D eigenvalue weighted by Crippen LogP contribution is 2.26. The van der Waals surface area contributed by atoms with E-state index < -0.39 is 10.0 Å². The monoisotopic (exact) mass is 440 g/mol.